The Labute approximate surface area is 127 Å². The average Bonchev–Trinajstić information content (AvgIpc) is 2.41. The van der Waals surface area contributed by atoms with E-state index in [1.54, 1.807) is 12.1 Å². The van der Waals surface area contributed by atoms with Crippen molar-refractivity contribution in [3.63, 3.8) is 0 Å². The van der Waals surface area contributed by atoms with Crippen molar-refractivity contribution in [1.82, 2.24) is 9.29 Å². The van der Waals surface area contributed by atoms with Gasteiger partial charge in [-0.1, -0.05) is 0 Å². The molecular weight excluding hydrogens is 288 g/mol. The van der Waals surface area contributed by atoms with Gasteiger partial charge in [-0.05, 0) is 44.4 Å². The molecule has 2 N–H and O–H groups in total. The number of hydrogen-bond acceptors (Lipinski definition) is 5. The minimum absolute atomic E-state index is 0.226. The van der Waals surface area contributed by atoms with Crippen molar-refractivity contribution < 1.29 is 8.42 Å². The molecule has 0 unspecified atom stereocenters. The van der Waals surface area contributed by atoms with Crippen LogP contribution in [0.3, 0.4) is 0 Å². The normalized spacial score (nSPS) is 16.0. The summed E-state index contributed by atoms with van der Waals surface area (Å²) >= 11 is 0. The van der Waals surface area contributed by atoms with Crippen molar-refractivity contribution in [2.75, 3.05) is 32.1 Å². The Morgan fingerprint density at radius 1 is 1.33 bits per heavy atom. The lowest BCUT2D eigenvalue weighted by Crippen LogP contribution is -2.42. The third-order valence-corrected chi connectivity index (χ3v) is 5.71. The van der Waals surface area contributed by atoms with E-state index in [-0.39, 0.29) is 4.90 Å². The number of pyridine rings is 1. The van der Waals surface area contributed by atoms with Gasteiger partial charge in [-0.2, -0.15) is 0 Å². The van der Waals surface area contributed by atoms with E-state index in [4.69, 9.17) is 5.73 Å². The highest BCUT2D eigenvalue weighted by Gasteiger charge is 2.26. The van der Waals surface area contributed by atoms with Crippen LogP contribution in [0.4, 0.5) is 5.82 Å². The molecule has 1 aromatic rings. The summed E-state index contributed by atoms with van der Waals surface area (Å²) < 4.78 is 25.3. The quantitative estimate of drug-likeness (QED) is 0.814. The first-order valence-corrected chi connectivity index (χ1v) is 8.76. The molecule has 0 radical (unpaired) electrons. The van der Waals surface area contributed by atoms with Gasteiger partial charge in [0.15, 0.2) is 0 Å². The molecular formula is C14H24N4O2S. The van der Waals surface area contributed by atoms with E-state index in [0.29, 0.717) is 12.6 Å². The average molecular weight is 312 g/mol. The van der Waals surface area contributed by atoms with Crippen LogP contribution in [-0.2, 0) is 10.0 Å². The van der Waals surface area contributed by atoms with Gasteiger partial charge in [0.2, 0.25) is 10.0 Å². The Hall–Kier alpha value is -1.18. The van der Waals surface area contributed by atoms with Crippen LogP contribution in [0, 0.1) is 0 Å². The summed E-state index contributed by atoms with van der Waals surface area (Å²) in [6, 6.07) is 3.94. The molecule has 1 saturated carbocycles. The number of aromatic nitrogens is 1. The zero-order valence-corrected chi connectivity index (χ0v) is 13.5. The molecule has 6 nitrogen and oxygen atoms in total. The zero-order chi connectivity index (χ0) is 15.5. The van der Waals surface area contributed by atoms with Gasteiger partial charge < -0.3 is 10.6 Å². The van der Waals surface area contributed by atoms with E-state index >= 15 is 0 Å². The molecule has 2 rings (SSSR count). The predicted molar refractivity (Wildman–Crippen MR) is 83.8 cm³/mol. The summed E-state index contributed by atoms with van der Waals surface area (Å²) in [7, 11) is -0.378. The zero-order valence-electron chi connectivity index (χ0n) is 12.7. The maximum Gasteiger partial charge on any atom is 0.244 e. The van der Waals surface area contributed by atoms with Crippen LogP contribution in [0.2, 0.25) is 0 Å². The van der Waals surface area contributed by atoms with Gasteiger partial charge in [0, 0.05) is 32.9 Å². The number of hydrogen-bond donors (Lipinski definition) is 1. The summed E-state index contributed by atoms with van der Waals surface area (Å²) in [6.07, 6.45) is 5.94. The van der Waals surface area contributed by atoms with Crippen LogP contribution < -0.4 is 10.6 Å². The van der Waals surface area contributed by atoms with Crippen LogP contribution in [0.5, 0.6) is 0 Å². The van der Waals surface area contributed by atoms with E-state index in [1.807, 2.05) is 0 Å². The first-order valence-electron chi connectivity index (χ1n) is 7.32. The van der Waals surface area contributed by atoms with Gasteiger partial charge in [0.25, 0.3) is 0 Å². The number of sulfonamides is 1. The van der Waals surface area contributed by atoms with Crippen molar-refractivity contribution in [1.29, 1.82) is 0 Å². The molecule has 21 heavy (non-hydrogen) atoms. The molecule has 1 aliphatic rings. The standard InChI is InChI=1S/C14H24N4O2S/c1-17(2)21(19,20)13-7-8-14(16-11-13)18(10-4-9-15)12-5-3-6-12/h7-8,11-12H,3-6,9-10,15H2,1-2H3. The van der Waals surface area contributed by atoms with E-state index in [1.165, 1.54) is 43.9 Å². The van der Waals surface area contributed by atoms with Crippen molar-refractivity contribution in [2.45, 2.75) is 36.6 Å². The Kier molecular flexibility index (Phi) is 5.18. The predicted octanol–water partition coefficient (Wildman–Crippen LogP) is 1.04. The SMILES string of the molecule is CN(C)S(=O)(=O)c1ccc(N(CCCN)C2CCC2)nc1. The van der Waals surface area contributed by atoms with Gasteiger partial charge in [-0.15, -0.1) is 0 Å². The molecule has 118 valence electrons. The molecule has 1 aliphatic carbocycles. The molecule has 0 saturated heterocycles. The fourth-order valence-electron chi connectivity index (χ4n) is 2.35. The van der Waals surface area contributed by atoms with E-state index in [0.717, 1.165) is 18.8 Å². The first kappa shape index (κ1) is 16.2. The maximum absolute atomic E-state index is 12.0. The topological polar surface area (TPSA) is 79.5 Å². The molecule has 0 atom stereocenters. The van der Waals surface area contributed by atoms with Crippen molar-refractivity contribution >= 4 is 15.8 Å². The van der Waals surface area contributed by atoms with Gasteiger partial charge in [-0.25, -0.2) is 17.7 Å². The Morgan fingerprint density at radius 3 is 2.48 bits per heavy atom. The first-order chi connectivity index (χ1) is 9.96. The number of rotatable bonds is 7. The number of anilines is 1. The molecule has 1 heterocycles. The lowest BCUT2D eigenvalue weighted by atomic mass is 9.91. The van der Waals surface area contributed by atoms with Gasteiger partial charge in [0.05, 0.1) is 0 Å². The fraction of sp³-hybridized carbons (Fsp3) is 0.643. The minimum atomic E-state index is -3.42. The smallest absolute Gasteiger partial charge is 0.244 e. The summed E-state index contributed by atoms with van der Waals surface area (Å²) in [5, 5.41) is 0. The van der Waals surface area contributed by atoms with E-state index in [9.17, 15) is 8.42 Å². The third kappa shape index (κ3) is 3.53. The number of nitrogens with zero attached hydrogens (tertiary/aromatic N) is 3. The second-order valence-corrected chi connectivity index (χ2v) is 7.71. The summed E-state index contributed by atoms with van der Waals surface area (Å²) in [5.41, 5.74) is 5.60. The molecule has 0 bridgehead atoms. The van der Waals surface area contributed by atoms with Gasteiger partial charge in [-0.3, -0.25) is 0 Å². The maximum atomic E-state index is 12.0. The van der Waals surface area contributed by atoms with Crippen molar-refractivity contribution in [3.8, 4) is 0 Å². The minimum Gasteiger partial charge on any atom is -0.354 e. The molecule has 0 aromatic carbocycles. The van der Waals surface area contributed by atoms with Crippen LogP contribution >= 0.6 is 0 Å². The summed E-state index contributed by atoms with van der Waals surface area (Å²) in [5.74, 6) is 0.839. The third-order valence-electron chi connectivity index (χ3n) is 3.91. The largest absolute Gasteiger partial charge is 0.354 e. The summed E-state index contributed by atoms with van der Waals surface area (Å²) in [6.45, 7) is 1.52. The van der Waals surface area contributed by atoms with Gasteiger partial charge >= 0.3 is 0 Å². The highest BCUT2D eigenvalue weighted by atomic mass is 32.2. The van der Waals surface area contributed by atoms with Gasteiger partial charge in [0.1, 0.15) is 10.7 Å². The highest BCUT2D eigenvalue weighted by Crippen LogP contribution is 2.29. The van der Waals surface area contributed by atoms with Crippen LogP contribution in [0.15, 0.2) is 23.2 Å². The fourth-order valence-corrected chi connectivity index (χ4v) is 3.20. The molecule has 1 aromatic heterocycles. The molecule has 0 amide bonds. The van der Waals surface area contributed by atoms with Crippen LogP contribution in [0.1, 0.15) is 25.7 Å². The summed E-state index contributed by atoms with van der Waals surface area (Å²) in [4.78, 5) is 6.84. The second kappa shape index (κ2) is 6.72. The Bertz CT molecular complexity index is 553. The molecule has 0 spiro atoms. The lowest BCUT2D eigenvalue weighted by Gasteiger charge is -2.38. The Morgan fingerprint density at radius 2 is 2.05 bits per heavy atom. The van der Waals surface area contributed by atoms with E-state index in [2.05, 4.69) is 9.88 Å². The monoisotopic (exact) mass is 312 g/mol. The van der Waals surface area contributed by atoms with Crippen molar-refractivity contribution in [2.24, 2.45) is 5.73 Å². The Balaban J connectivity index is 2.19. The molecule has 7 heteroatoms. The molecule has 0 aliphatic heterocycles. The van der Waals surface area contributed by atoms with E-state index < -0.39 is 10.0 Å². The second-order valence-electron chi connectivity index (χ2n) is 5.56. The number of nitrogens with two attached hydrogens (primary N) is 1. The van der Waals surface area contributed by atoms with Crippen molar-refractivity contribution in [3.05, 3.63) is 18.3 Å². The van der Waals surface area contributed by atoms with Crippen LogP contribution in [0.25, 0.3) is 0 Å². The highest BCUT2D eigenvalue weighted by molar-refractivity contribution is 7.89. The molecule has 1 fully saturated rings. The lowest BCUT2D eigenvalue weighted by molar-refractivity contribution is 0.382. The van der Waals surface area contributed by atoms with Crippen LogP contribution in [-0.4, -0.2) is 50.9 Å².